The van der Waals surface area contributed by atoms with E-state index in [1.54, 1.807) is 12.1 Å². The number of hydrogen-bond donors (Lipinski definition) is 1. The molecular weight excluding hydrogens is 426 g/mol. The molecule has 32 heavy (non-hydrogen) atoms. The van der Waals surface area contributed by atoms with Gasteiger partial charge >= 0.3 is 0 Å². The molecule has 1 aliphatic rings. The molecule has 7 nitrogen and oxygen atoms in total. The molecule has 5 rings (SSSR count). The summed E-state index contributed by atoms with van der Waals surface area (Å²) in [7, 11) is 0. The van der Waals surface area contributed by atoms with E-state index in [0.29, 0.717) is 17.3 Å². The Bertz CT molecular complexity index is 1250. The summed E-state index contributed by atoms with van der Waals surface area (Å²) in [5.41, 5.74) is 3.33. The molecule has 0 atom stereocenters. The molecule has 0 unspecified atom stereocenters. The van der Waals surface area contributed by atoms with Gasteiger partial charge in [0.25, 0.3) is 0 Å². The largest absolute Gasteiger partial charge is 0.438 e. The minimum absolute atomic E-state index is 0.108. The maximum absolute atomic E-state index is 12.7. The fourth-order valence-electron chi connectivity index (χ4n) is 4.07. The van der Waals surface area contributed by atoms with Gasteiger partial charge < -0.3 is 10.1 Å². The van der Waals surface area contributed by atoms with Crippen molar-refractivity contribution in [2.75, 3.05) is 5.32 Å². The van der Waals surface area contributed by atoms with Gasteiger partial charge in [0.15, 0.2) is 5.65 Å². The monoisotopic (exact) mass is 447 g/mol. The van der Waals surface area contributed by atoms with Gasteiger partial charge in [-0.1, -0.05) is 49.6 Å². The standard InChI is InChI=1S/C24H22ClN5O2/c25-24-28-27-21-14-15-22(29-30(21)24)32-18-12-10-16(11-13-18)19-8-4-5-9-20(19)26-23(31)17-6-2-1-3-7-17/h4-5,8-15,17H,1-3,6-7H2,(H,26,31). The van der Waals surface area contributed by atoms with Crippen molar-refractivity contribution >= 4 is 28.8 Å². The first-order valence-electron chi connectivity index (χ1n) is 10.7. The molecule has 1 fully saturated rings. The number of halogens is 1. The maximum atomic E-state index is 12.7. The Morgan fingerprint density at radius 1 is 0.969 bits per heavy atom. The van der Waals surface area contributed by atoms with E-state index in [1.165, 1.54) is 10.9 Å². The van der Waals surface area contributed by atoms with Crippen molar-refractivity contribution in [2.24, 2.45) is 5.92 Å². The van der Waals surface area contributed by atoms with Crippen LogP contribution in [0.5, 0.6) is 11.6 Å². The van der Waals surface area contributed by atoms with Gasteiger partial charge in [0.1, 0.15) is 5.75 Å². The van der Waals surface area contributed by atoms with Crippen LogP contribution in [0, 0.1) is 5.92 Å². The molecule has 0 aliphatic heterocycles. The van der Waals surface area contributed by atoms with Crippen molar-refractivity contribution in [3.63, 3.8) is 0 Å². The van der Waals surface area contributed by atoms with Gasteiger partial charge in [-0.05, 0) is 54.3 Å². The van der Waals surface area contributed by atoms with Crippen LogP contribution in [0.25, 0.3) is 16.8 Å². The minimum Gasteiger partial charge on any atom is -0.438 e. The van der Waals surface area contributed by atoms with E-state index >= 15 is 0 Å². The normalized spacial score (nSPS) is 14.4. The van der Waals surface area contributed by atoms with Gasteiger partial charge in [-0.2, -0.15) is 4.52 Å². The van der Waals surface area contributed by atoms with Crippen LogP contribution >= 0.6 is 11.6 Å². The third kappa shape index (κ3) is 4.29. The van der Waals surface area contributed by atoms with Crippen molar-refractivity contribution in [2.45, 2.75) is 32.1 Å². The zero-order valence-corrected chi connectivity index (χ0v) is 18.1. The summed E-state index contributed by atoms with van der Waals surface area (Å²) < 4.78 is 7.27. The number of carbonyl (C=O) groups is 1. The molecule has 1 amide bonds. The SMILES string of the molecule is O=C(Nc1ccccc1-c1ccc(Oc2ccc3nnc(Cl)n3n2)cc1)C1CCCCC1. The average Bonchev–Trinajstić information content (AvgIpc) is 3.21. The number of amides is 1. The molecule has 2 aromatic carbocycles. The Kier molecular flexibility index (Phi) is 5.73. The van der Waals surface area contributed by atoms with Crippen LogP contribution in [-0.2, 0) is 4.79 Å². The quantitative estimate of drug-likeness (QED) is 0.421. The Morgan fingerprint density at radius 3 is 2.56 bits per heavy atom. The van der Waals surface area contributed by atoms with Crippen LogP contribution in [0.1, 0.15) is 32.1 Å². The number of nitrogens with zero attached hydrogens (tertiary/aromatic N) is 4. The number of benzene rings is 2. The Hall–Kier alpha value is -3.45. The molecular formula is C24H22ClN5O2. The highest BCUT2D eigenvalue weighted by atomic mass is 35.5. The summed E-state index contributed by atoms with van der Waals surface area (Å²) in [6, 6.07) is 19.0. The van der Waals surface area contributed by atoms with Gasteiger partial charge in [0.05, 0.1) is 0 Å². The first-order chi connectivity index (χ1) is 15.7. The van der Waals surface area contributed by atoms with Gasteiger partial charge in [0.2, 0.25) is 17.1 Å². The summed E-state index contributed by atoms with van der Waals surface area (Å²) in [5.74, 6) is 1.24. The highest BCUT2D eigenvalue weighted by Gasteiger charge is 2.21. The third-order valence-electron chi connectivity index (χ3n) is 5.75. The predicted octanol–water partition coefficient (Wildman–Crippen LogP) is 5.76. The number of aromatic nitrogens is 4. The number of anilines is 1. The molecule has 4 aromatic rings. The number of carbonyl (C=O) groups excluding carboxylic acids is 1. The second-order valence-corrected chi connectivity index (χ2v) is 8.24. The lowest BCUT2D eigenvalue weighted by atomic mass is 9.88. The summed E-state index contributed by atoms with van der Waals surface area (Å²) in [4.78, 5) is 12.7. The first-order valence-corrected chi connectivity index (χ1v) is 11.1. The van der Waals surface area contributed by atoms with Crippen LogP contribution in [0.2, 0.25) is 5.28 Å². The fraction of sp³-hybridized carbons (Fsp3) is 0.250. The first kappa shape index (κ1) is 20.5. The summed E-state index contributed by atoms with van der Waals surface area (Å²) >= 11 is 5.98. The molecule has 2 aromatic heterocycles. The third-order valence-corrected chi connectivity index (χ3v) is 5.98. The van der Waals surface area contributed by atoms with E-state index in [9.17, 15) is 4.79 Å². The number of nitrogens with one attached hydrogen (secondary N) is 1. The van der Waals surface area contributed by atoms with E-state index in [1.807, 2.05) is 48.5 Å². The second-order valence-electron chi connectivity index (χ2n) is 7.91. The smallest absolute Gasteiger partial charge is 0.246 e. The van der Waals surface area contributed by atoms with Crippen LogP contribution in [0.15, 0.2) is 60.7 Å². The highest BCUT2D eigenvalue weighted by molar-refractivity contribution is 6.28. The number of fused-ring (bicyclic) bond motifs is 1. The van der Waals surface area contributed by atoms with Crippen LogP contribution in [0.4, 0.5) is 5.69 Å². The van der Waals surface area contributed by atoms with E-state index in [-0.39, 0.29) is 17.1 Å². The highest BCUT2D eigenvalue weighted by Crippen LogP contribution is 2.32. The summed E-state index contributed by atoms with van der Waals surface area (Å²) in [6.07, 6.45) is 5.43. The zero-order valence-electron chi connectivity index (χ0n) is 17.4. The molecule has 1 N–H and O–H groups in total. The topological polar surface area (TPSA) is 81.4 Å². The summed E-state index contributed by atoms with van der Waals surface area (Å²) in [5, 5.41) is 15.3. The lowest BCUT2D eigenvalue weighted by Gasteiger charge is -2.21. The average molecular weight is 448 g/mol. The Morgan fingerprint density at radius 2 is 1.75 bits per heavy atom. The second kappa shape index (κ2) is 8.96. The van der Waals surface area contributed by atoms with E-state index in [0.717, 1.165) is 42.5 Å². The molecule has 0 saturated heterocycles. The van der Waals surface area contributed by atoms with E-state index in [2.05, 4.69) is 20.6 Å². The van der Waals surface area contributed by atoms with Crippen LogP contribution in [-0.4, -0.2) is 25.7 Å². The predicted molar refractivity (Wildman–Crippen MR) is 123 cm³/mol. The van der Waals surface area contributed by atoms with Crippen molar-refractivity contribution < 1.29 is 9.53 Å². The summed E-state index contributed by atoms with van der Waals surface area (Å²) in [6.45, 7) is 0. The molecule has 1 saturated carbocycles. The number of para-hydroxylation sites is 1. The minimum atomic E-state index is 0.108. The van der Waals surface area contributed by atoms with Crippen molar-refractivity contribution in [1.82, 2.24) is 19.8 Å². The van der Waals surface area contributed by atoms with E-state index in [4.69, 9.17) is 16.3 Å². The number of hydrogen-bond acceptors (Lipinski definition) is 5. The molecule has 162 valence electrons. The lowest BCUT2D eigenvalue weighted by molar-refractivity contribution is -0.120. The van der Waals surface area contributed by atoms with Crippen LogP contribution < -0.4 is 10.1 Å². The molecule has 0 spiro atoms. The van der Waals surface area contributed by atoms with Gasteiger partial charge in [-0.25, -0.2) is 0 Å². The van der Waals surface area contributed by atoms with Crippen molar-refractivity contribution in [3.05, 3.63) is 65.9 Å². The molecule has 2 heterocycles. The molecule has 8 heteroatoms. The van der Waals surface area contributed by atoms with Gasteiger partial charge in [-0.15, -0.1) is 15.3 Å². The van der Waals surface area contributed by atoms with Gasteiger partial charge in [0, 0.05) is 23.2 Å². The number of ether oxygens (including phenoxy) is 1. The van der Waals surface area contributed by atoms with Crippen molar-refractivity contribution in [3.8, 4) is 22.8 Å². The van der Waals surface area contributed by atoms with Crippen LogP contribution in [0.3, 0.4) is 0 Å². The van der Waals surface area contributed by atoms with E-state index < -0.39 is 0 Å². The molecule has 1 aliphatic carbocycles. The van der Waals surface area contributed by atoms with Crippen molar-refractivity contribution in [1.29, 1.82) is 0 Å². The Balaban J connectivity index is 1.33. The molecule has 0 bridgehead atoms. The lowest BCUT2D eigenvalue weighted by Crippen LogP contribution is -2.24. The number of rotatable bonds is 5. The zero-order chi connectivity index (χ0) is 21.9. The fourth-order valence-corrected chi connectivity index (χ4v) is 4.23. The molecule has 0 radical (unpaired) electrons. The Labute approximate surface area is 190 Å². The maximum Gasteiger partial charge on any atom is 0.246 e. The van der Waals surface area contributed by atoms with Gasteiger partial charge in [-0.3, -0.25) is 4.79 Å².